The van der Waals surface area contributed by atoms with Crippen LogP contribution in [0.3, 0.4) is 0 Å². The SMILES string of the molecule is O=C(NCc1ccc(OCC(F)(F)F)cc1)c1cc([N+](=O)[O-])ccc1N1CCCCC1. The van der Waals surface area contributed by atoms with Gasteiger partial charge in [-0.25, -0.2) is 0 Å². The zero-order valence-corrected chi connectivity index (χ0v) is 16.7. The lowest BCUT2D eigenvalue weighted by Crippen LogP contribution is -2.32. The van der Waals surface area contributed by atoms with Gasteiger partial charge in [-0.05, 0) is 43.0 Å². The van der Waals surface area contributed by atoms with Crippen molar-refractivity contribution in [2.45, 2.75) is 32.0 Å². The molecule has 3 rings (SSSR count). The lowest BCUT2D eigenvalue weighted by molar-refractivity contribution is -0.384. The number of hydrogen-bond acceptors (Lipinski definition) is 5. The van der Waals surface area contributed by atoms with E-state index in [-0.39, 0.29) is 23.5 Å². The van der Waals surface area contributed by atoms with Crippen LogP contribution in [0.4, 0.5) is 24.5 Å². The number of benzene rings is 2. The lowest BCUT2D eigenvalue weighted by atomic mass is 10.1. The Labute approximate surface area is 177 Å². The number of anilines is 1. The van der Waals surface area contributed by atoms with E-state index in [9.17, 15) is 28.1 Å². The van der Waals surface area contributed by atoms with Crippen molar-refractivity contribution in [2.75, 3.05) is 24.6 Å². The molecule has 0 aromatic heterocycles. The number of carbonyl (C=O) groups excluding carboxylic acids is 1. The lowest BCUT2D eigenvalue weighted by Gasteiger charge is -2.30. The van der Waals surface area contributed by atoms with E-state index in [0.29, 0.717) is 11.3 Å². The van der Waals surface area contributed by atoms with Crippen molar-refractivity contribution in [1.29, 1.82) is 0 Å². The molecule has 0 saturated carbocycles. The number of halogens is 3. The van der Waals surface area contributed by atoms with E-state index < -0.39 is 23.6 Å². The van der Waals surface area contributed by atoms with Crippen LogP contribution in [0.25, 0.3) is 0 Å². The second-order valence-corrected chi connectivity index (χ2v) is 7.24. The molecule has 31 heavy (non-hydrogen) atoms. The molecular formula is C21H22F3N3O4. The fraction of sp³-hybridized carbons (Fsp3) is 0.381. The number of carbonyl (C=O) groups is 1. The van der Waals surface area contributed by atoms with Gasteiger partial charge in [-0.15, -0.1) is 0 Å². The summed E-state index contributed by atoms with van der Waals surface area (Å²) < 4.78 is 41.3. The third kappa shape index (κ3) is 6.34. The predicted octanol–water partition coefficient (Wildman–Crippen LogP) is 4.46. The summed E-state index contributed by atoms with van der Waals surface area (Å²) in [6.07, 6.45) is -1.34. The van der Waals surface area contributed by atoms with Crippen LogP contribution in [0.2, 0.25) is 0 Å². The number of rotatable bonds is 7. The number of nitro benzene ring substituents is 1. The molecule has 1 aliphatic rings. The van der Waals surface area contributed by atoms with E-state index in [0.717, 1.165) is 32.4 Å². The second-order valence-electron chi connectivity index (χ2n) is 7.24. The molecule has 0 atom stereocenters. The average Bonchev–Trinajstić information content (AvgIpc) is 2.76. The van der Waals surface area contributed by atoms with Gasteiger partial charge in [0.15, 0.2) is 6.61 Å². The minimum absolute atomic E-state index is 0.0680. The van der Waals surface area contributed by atoms with Gasteiger partial charge in [-0.3, -0.25) is 14.9 Å². The largest absolute Gasteiger partial charge is 0.484 e. The minimum Gasteiger partial charge on any atom is -0.484 e. The molecule has 0 radical (unpaired) electrons. The third-order valence-electron chi connectivity index (χ3n) is 4.91. The Morgan fingerprint density at radius 1 is 1.10 bits per heavy atom. The second kappa shape index (κ2) is 9.67. The van der Waals surface area contributed by atoms with Gasteiger partial charge in [-0.2, -0.15) is 13.2 Å². The van der Waals surface area contributed by atoms with Gasteiger partial charge in [0.25, 0.3) is 11.6 Å². The van der Waals surface area contributed by atoms with Crippen molar-refractivity contribution in [2.24, 2.45) is 0 Å². The van der Waals surface area contributed by atoms with Crippen molar-refractivity contribution in [3.05, 3.63) is 63.7 Å². The summed E-state index contributed by atoms with van der Waals surface area (Å²) in [7, 11) is 0. The summed E-state index contributed by atoms with van der Waals surface area (Å²) in [6.45, 7) is 0.282. The predicted molar refractivity (Wildman–Crippen MR) is 108 cm³/mol. The van der Waals surface area contributed by atoms with Crippen LogP contribution in [0.1, 0.15) is 35.2 Å². The van der Waals surface area contributed by atoms with E-state index in [1.54, 1.807) is 18.2 Å². The van der Waals surface area contributed by atoms with Crippen LogP contribution in [-0.4, -0.2) is 36.7 Å². The Bertz CT molecular complexity index is 926. The highest BCUT2D eigenvalue weighted by molar-refractivity contribution is 6.00. The zero-order chi connectivity index (χ0) is 22.4. The smallest absolute Gasteiger partial charge is 0.422 e. The van der Waals surface area contributed by atoms with Crippen molar-refractivity contribution >= 4 is 17.3 Å². The van der Waals surface area contributed by atoms with Crippen molar-refractivity contribution in [1.82, 2.24) is 5.32 Å². The zero-order valence-electron chi connectivity index (χ0n) is 16.7. The molecule has 0 unspecified atom stereocenters. The van der Waals surface area contributed by atoms with Crippen LogP contribution in [0.5, 0.6) is 5.75 Å². The van der Waals surface area contributed by atoms with Crippen LogP contribution in [0.15, 0.2) is 42.5 Å². The van der Waals surface area contributed by atoms with Gasteiger partial charge in [0.05, 0.1) is 16.2 Å². The molecule has 1 amide bonds. The van der Waals surface area contributed by atoms with Crippen LogP contribution in [-0.2, 0) is 6.54 Å². The van der Waals surface area contributed by atoms with Gasteiger partial charge < -0.3 is 15.0 Å². The molecule has 1 N–H and O–H groups in total. The molecule has 7 nitrogen and oxygen atoms in total. The summed E-state index contributed by atoms with van der Waals surface area (Å²) in [5, 5.41) is 13.9. The molecule has 1 aliphatic heterocycles. The number of non-ortho nitro benzene ring substituents is 1. The number of hydrogen-bond donors (Lipinski definition) is 1. The monoisotopic (exact) mass is 437 g/mol. The van der Waals surface area contributed by atoms with Crippen molar-refractivity contribution in [3.8, 4) is 5.75 Å². The number of nitrogens with zero attached hydrogens (tertiary/aromatic N) is 2. The van der Waals surface area contributed by atoms with Gasteiger partial charge in [0.2, 0.25) is 0 Å². The summed E-state index contributed by atoms with van der Waals surface area (Å²) in [6, 6.07) is 10.1. The number of piperidine rings is 1. The number of ether oxygens (including phenoxy) is 1. The summed E-state index contributed by atoms with van der Waals surface area (Å²) >= 11 is 0. The summed E-state index contributed by atoms with van der Waals surface area (Å²) in [5.74, 6) is -0.389. The minimum atomic E-state index is -4.42. The van der Waals surface area contributed by atoms with Crippen LogP contribution >= 0.6 is 0 Å². The fourth-order valence-corrected chi connectivity index (χ4v) is 3.38. The molecule has 0 bridgehead atoms. The molecule has 1 fully saturated rings. The molecule has 2 aromatic rings. The Morgan fingerprint density at radius 2 is 1.77 bits per heavy atom. The first kappa shape index (κ1) is 22.4. The van der Waals surface area contributed by atoms with E-state index in [1.807, 2.05) is 0 Å². The van der Waals surface area contributed by atoms with Gasteiger partial charge >= 0.3 is 6.18 Å². The Morgan fingerprint density at radius 3 is 2.39 bits per heavy atom. The molecular weight excluding hydrogens is 415 g/mol. The highest BCUT2D eigenvalue weighted by Gasteiger charge is 2.28. The number of nitrogens with one attached hydrogen (secondary N) is 1. The first-order valence-corrected chi connectivity index (χ1v) is 9.83. The fourth-order valence-electron chi connectivity index (χ4n) is 3.38. The first-order valence-electron chi connectivity index (χ1n) is 9.83. The number of alkyl halides is 3. The quantitative estimate of drug-likeness (QED) is 0.511. The van der Waals surface area contributed by atoms with Gasteiger partial charge in [0, 0.05) is 31.8 Å². The maximum absolute atomic E-state index is 12.8. The maximum Gasteiger partial charge on any atom is 0.422 e. The number of amides is 1. The molecule has 0 aliphatic carbocycles. The maximum atomic E-state index is 12.8. The highest BCUT2D eigenvalue weighted by Crippen LogP contribution is 2.28. The molecule has 0 spiro atoms. The third-order valence-corrected chi connectivity index (χ3v) is 4.91. The summed E-state index contributed by atoms with van der Waals surface area (Å²) in [4.78, 5) is 25.5. The van der Waals surface area contributed by atoms with Crippen LogP contribution < -0.4 is 15.0 Å². The summed E-state index contributed by atoms with van der Waals surface area (Å²) in [5.41, 5.74) is 1.36. The molecule has 1 heterocycles. The van der Waals surface area contributed by atoms with Crippen molar-refractivity contribution < 1.29 is 27.6 Å². The van der Waals surface area contributed by atoms with E-state index in [4.69, 9.17) is 0 Å². The Kier molecular flexibility index (Phi) is 6.98. The molecule has 2 aromatic carbocycles. The van der Waals surface area contributed by atoms with Crippen molar-refractivity contribution in [3.63, 3.8) is 0 Å². The van der Waals surface area contributed by atoms with Gasteiger partial charge in [0.1, 0.15) is 5.75 Å². The first-order chi connectivity index (χ1) is 14.7. The normalized spacial score (nSPS) is 14.2. The van der Waals surface area contributed by atoms with E-state index in [1.165, 1.54) is 24.3 Å². The molecule has 1 saturated heterocycles. The number of nitro groups is 1. The standard InChI is InChI=1S/C21H22F3N3O4/c22-21(23,24)14-31-17-7-4-15(5-8-17)13-25-20(28)18-12-16(27(29)30)6-9-19(18)26-10-2-1-3-11-26/h4-9,12H,1-3,10-11,13-14H2,(H,25,28). The topological polar surface area (TPSA) is 84.7 Å². The van der Waals surface area contributed by atoms with E-state index in [2.05, 4.69) is 15.0 Å². The van der Waals surface area contributed by atoms with Crippen LogP contribution in [0, 0.1) is 10.1 Å². The molecule has 10 heteroatoms. The Hall–Kier alpha value is -3.30. The van der Waals surface area contributed by atoms with E-state index >= 15 is 0 Å². The average molecular weight is 437 g/mol. The van der Waals surface area contributed by atoms with Gasteiger partial charge in [-0.1, -0.05) is 12.1 Å². The molecule has 166 valence electrons. The highest BCUT2D eigenvalue weighted by atomic mass is 19.4. The Balaban J connectivity index is 1.69.